The van der Waals surface area contributed by atoms with Gasteiger partial charge in [0.25, 0.3) is 0 Å². The maximum atomic E-state index is 7.15. The maximum Gasteiger partial charge on any atom is 0.156 e. The predicted octanol–water partition coefficient (Wildman–Crippen LogP) is 5.19. The Morgan fingerprint density at radius 3 is 1.88 bits per heavy atom. The van der Waals surface area contributed by atoms with Gasteiger partial charge in [-0.2, -0.15) is 11.1 Å². The summed E-state index contributed by atoms with van der Waals surface area (Å²) < 4.78 is 0.774. The molecule has 1 rings (SSSR count). The van der Waals surface area contributed by atoms with Crippen molar-refractivity contribution in [1.29, 1.82) is 0 Å². The molecule has 0 N–H and O–H groups in total. The van der Waals surface area contributed by atoms with E-state index in [2.05, 4.69) is 20.8 Å². The fourth-order valence-corrected chi connectivity index (χ4v) is 17.3. The highest BCUT2D eigenvalue weighted by Crippen LogP contribution is 2.60. The van der Waals surface area contributed by atoms with E-state index in [0.29, 0.717) is 0 Å². The molecule has 0 radical (unpaired) electrons. The molecule has 0 aromatic carbocycles. The van der Waals surface area contributed by atoms with Gasteiger partial charge in [0.05, 0.1) is 0 Å². The van der Waals surface area contributed by atoms with Crippen molar-refractivity contribution in [2.45, 2.75) is 88.5 Å². The molecule has 0 aliphatic carbocycles. The third kappa shape index (κ3) is 3.60. The van der Waals surface area contributed by atoms with Crippen molar-refractivity contribution in [2.75, 3.05) is 0 Å². The number of halogens is 1. The Balaban J connectivity index is 2.61. The highest BCUT2D eigenvalue weighted by Gasteiger charge is 2.58. The molecule has 0 amide bonds. The Kier molecular flexibility index (Phi) is 6.82. The van der Waals surface area contributed by atoms with Gasteiger partial charge in [-0.3, -0.25) is 0 Å². The van der Waals surface area contributed by atoms with Gasteiger partial charge in [-0.15, -0.1) is 0 Å². The Bertz CT molecular complexity index is 212. The van der Waals surface area contributed by atoms with Crippen LogP contribution in [0, 0.1) is 0 Å². The molecule has 3 heteroatoms. The third-order valence-corrected chi connectivity index (χ3v) is 21.2. The molecule has 0 aromatic rings. The van der Waals surface area contributed by atoms with Crippen LogP contribution in [0.4, 0.5) is 0 Å². The van der Waals surface area contributed by atoms with Crippen molar-refractivity contribution in [3.05, 3.63) is 0 Å². The van der Waals surface area contributed by atoms with Crippen molar-refractivity contribution >= 4 is 28.0 Å². The van der Waals surface area contributed by atoms with E-state index in [4.69, 9.17) is 11.1 Å². The molecular formula is C14H31ClSi2. The van der Waals surface area contributed by atoms with Gasteiger partial charge in [-0.25, -0.2) is 0 Å². The van der Waals surface area contributed by atoms with E-state index in [1.165, 1.54) is 57.4 Å². The van der Waals surface area contributed by atoms with E-state index < -0.39 is 7.38 Å². The molecule has 0 aromatic heterocycles. The molecule has 1 atom stereocenters. The second-order valence-corrected chi connectivity index (χ2v) is 16.3. The SMILES string of the molecule is CCCCC1(CCCC)[SiH2]C[Si]1(Cl)CCCC. The quantitative estimate of drug-likeness (QED) is 0.405. The van der Waals surface area contributed by atoms with Crippen LogP contribution < -0.4 is 0 Å². The van der Waals surface area contributed by atoms with Gasteiger partial charge in [-0.05, 0) is 10.7 Å². The molecule has 0 saturated carbocycles. The van der Waals surface area contributed by atoms with Crippen LogP contribution in [0.15, 0.2) is 0 Å². The smallest absolute Gasteiger partial charge is 0.156 e. The molecule has 0 nitrogen and oxygen atoms in total. The molecule has 1 fully saturated rings. The largest absolute Gasteiger partial charge is 0.167 e. The lowest BCUT2D eigenvalue weighted by atomic mass is 10.1. The van der Waals surface area contributed by atoms with Crippen LogP contribution in [-0.2, 0) is 0 Å². The van der Waals surface area contributed by atoms with Gasteiger partial charge < -0.3 is 0 Å². The maximum absolute atomic E-state index is 7.15. The standard InChI is InChI=1S/C14H31ClSi2/c1-4-7-10-14(11-8-5-2)16-13-17(14,15)12-9-6-3/h4-13,16H2,1-3H3. The summed E-state index contributed by atoms with van der Waals surface area (Å²) in [5.41, 5.74) is 1.54. The monoisotopic (exact) mass is 290 g/mol. The zero-order chi connectivity index (χ0) is 12.8. The van der Waals surface area contributed by atoms with E-state index in [-0.39, 0.29) is 9.52 Å². The van der Waals surface area contributed by atoms with Gasteiger partial charge in [-0.1, -0.05) is 77.8 Å². The van der Waals surface area contributed by atoms with Crippen LogP contribution in [-0.4, -0.2) is 16.9 Å². The first kappa shape index (κ1) is 15.8. The molecule has 1 saturated heterocycles. The minimum atomic E-state index is -1.34. The van der Waals surface area contributed by atoms with E-state index in [1.54, 1.807) is 5.67 Å². The molecule has 102 valence electrons. The first-order chi connectivity index (χ1) is 8.14. The van der Waals surface area contributed by atoms with Crippen LogP contribution in [0.25, 0.3) is 0 Å². The lowest BCUT2D eigenvalue weighted by Gasteiger charge is -2.55. The van der Waals surface area contributed by atoms with E-state index in [0.717, 1.165) is 4.66 Å². The Labute approximate surface area is 116 Å². The fourth-order valence-electron chi connectivity index (χ4n) is 3.45. The molecule has 17 heavy (non-hydrogen) atoms. The Morgan fingerprint density at radius 1 is 1.00 bits per heavy atom. The first-order valence-electron chi connectivity index (χ1n) is 7.83. The summed E-state index contributed by atoms with van der Waals surface area (Å²) in [5, 5.41) is 0. The third-order valence-electron chi connectivity index (χ3n) is 4.89. The molecular weight excluding hydrogens is 260 g/mol. The van der Waals surface area contributed by atoms with Crippen molar-refractivity contribution in [1.82, 2.24) is 0 Å². The van der Waals surface area contributed by atoms with Crippen LogP contribution >= 0.6 is 11.1 Å². The second kappa shape index (κ2) is 7.35. The van der Waals surface area contributed by atoms with Gasteiger partial charge in [0.1, 0.15) is 0 Å². The summed E-state index contributed by atoms with van der Waals surface area (Å²) in [6.07, 6.45) is 11.3. The lowest BCUT2D eigenvalue weighted by molar-refractivity contribution is 0.523. The molecule has 0 bridgehead atoms. The number of rotatable bonds is 9. The topological polar surface area (TPSA) is 0 Å². The molecule has 1 heterocycles. The van der Waals surface area contributed by atoms with Gasteiger partial charge in [0.2, 0.25) is 0 Å². The summed E-state index contributed by atoms with van der Waals surface area (Å²) in [7, 11) is -1.17. The molecule has 0 spiro atoms. The van der Waals surface area contributed by atoms with Crippen LogP contribution in [0.3, 0.4) is 0 Å². The van der Waals surface area contributed by atoms with Crippen LogP contribution in [0.2, 0.25) is 16.4 Å². The van der Waals surface area contributed by atoms with Gasteiger partial charge in [0, 0.05) is 9.52 Å². The van der Waals surface area contributed by atoms with Gasteiger partial charge >= 0.3 is 0 Å². The van der Waals surface area contributed by atoms with Crippen molar-refractivity contribution in [3.8, 4) is 0 Å². The molecule has 1 aliphatic heterocycles. The van der Waals surface area contributed by atoms with Gasteiger partial charge in [0.15, 0.2) is 7.38 Å². The van der Waals surface area contributed by atoms with Crippen molar-refractivity contribution in [3.63, 3.8) is 0 Å². The average molecular weight is 291 g/mol. The Morgan fingerprint density at radius 2 is 1.53 bits per heavy atom. The lowest BCUT2D eigenvalue weighted by Crippen LogP contribution is -2.58. The van der Waals surface area contributed by atoms with E-state index >= 15 is 0 Å². The Hall–Kier alpha value is 0.724. The normalized spacial score (nSPS) is 28.2. The summed E-state index contributed by atoms with van der Waals surface area (Å²) in [4.78, 5) is 0. The highest BCUT2D eigenvalue weighted by molar-refractivity contribution is 7.31. The summed E-state index contributed by atoms with van der Waals surface area (Å²) in [6, 6.07) is 1.42. The number of hydrogen-bond donors (Lipinski definition) is 0. The molecule has 1 aliphatic rings. The number of unbranched alkanes of at least 4 members (excludes halogenated alkanes) is 3. The van der Waals surface area contributed by atoms with Crippen LogP contribution in [0.5, 0.6) is 0 Å². The summed E-state index contributed by atoms with van der Waals surface area (Å²) in [5.74, 6) is 0. The second-order valence-electron chi connectivity index (χ2n) is 6.06. The summed E-state index contributed by atoms with van der Waals surface area (Å²) >= 11 is 7.15. The average Bonchev–Trinajstić information content (AvgIpc) is 2.35. The minimum Gasteiger partial charge on any atom is -0.167 e. The fraction of sp³-hybridized carbons (Fsp3) is 1.00. The zero-order valence-electron chi connectivity index (χ0n) is 12.2. The van der Waals surface area contributed by atoms with Crippen molar-refractivity contribution in [2.24, 2.45) is 0 Å². The number of hydrogen-bond acceptors (Lipinski definition) is 0. The zero-order valence-corrected chi connectivity index (χ0v) is 15.3. The summed E-state index contributed by atoms with van der Waals surface area (Å²) in [6.45, 7) is 6.97. The van der Waals surface area contributed by atoms with Crippen LogP contribution in [0.1, 0.15) is 72.1 Å². The predicted molar refractivity (Wildman–Crippen MR) is 86.4 cm³/mol. The first-order valence-corrected chi connectivity index (χ1v) is 13.0. The van der Waals surface area contributed by atoms with E-state index in [9.17, 15) is 0 Å². The molecule has 1 unspecified atom stereocenters. The minimum absolute atomic E-state index is 0.169. The van der Waals surface area contributed by atoms with E-state index in [1.807, 2.05) is 0 Å². The van der Waals surface area contributed by atoms with Crippen molar-refractivity contribution < 1.29 is 0 Å². The highest BCUT2D eigenvalue weighted by atomic mass is 35.6.